The van der Waals surface area contributed by atoms with Crippen molar-refractivity contribution >= 4 is 28.5 Å². The van der Waals surface area contributed by atoms with E-state index < -0.39 is 11.6 Å². The summed E-state index contributed by atoms with van der Waals surface area (Å²) in [7, 11) is 0. The Balaban J connectivity index is 2.42. The van der Waals surface area contributed by atoms with Gasteiger partial charge in [0.25, 0.3) is 0 Å². The van der Waals surface area contributed by atoms with E-state index in [1.54, 1.807) is 24.3 Å². The number of benzene rings is 2. The number of fused-ring (bicyclic) bond motifs is 1. The lowest BCUT2D eigenvalue weighted by atomic mass is 9.98. The lowest BCUT2D eigenvalue weighted by Crippen LogP contribution is -2.12. The smallest absolute Gasteiger partial charge is 0.345 e. The van der Waals surface area contributed by atoms with Crippen LogP contribution in [-0.2, 0) is 6.61 Å². The van der Waals surface area contributed by atoms with E-state index in [4.69, 9.17) is 21.1 Å². The molecule has 0 aliphatic heterocycles. The molecule has 0 saturated heterocycles. The van der Waals surface area contributed by atoms with E-state index in [0.717, 1.165) is 0 Å². The van der Waals surface area contributed by atoms with Crippen molar-refractivity contribution in [2.45, 2.75) is 6.61 Å². The first-order valence-electron chi connectivity index (χ1n) is 6.71. The van der Waals surface area contributed by atoms with Crippen LogP contribution in [0.15, 0.2) is 51.7 Å². The van der Waals surface area contributed by atoms with Crippen molar-refractivity contribution in [2.24, 2.45) is 0 Å². The van der Waals surface area contributed by atoms with E-state index in [1.807, 2.05) is 0 Å². The van der Waals surface area contributed by atoms with Crippen LogP contribution >= 0.6 is 11.6 Å². The summed E-state index contributed by atoms with van der Waals surface area (Å²) >= 11 is 5.93. The maximum Gasteiger partial charge on any atom is 0.345 e. The Morgan fingerprint density at radius 2 is 1.96 bits per heavy atom. The number of carbonyl (C=O) groups is 1. The number of hydrogen-bond donors (Lipinski definition) is 2. The lowest BCUT2D eigenvalue weighted by Gasteiger charge is -2.09. The van der Waals surface area contributed by atoms with Crippen LogP contribution in [0.25, 0.3) is 22.1 Å². The Kier molecular flexibility index (Phi) is 3.90. The molecule has 0 bridgehead atoms. The summed E-state index contributed by atoms with van der Waals surface area (Å²) in [5, 5.41) is 19.4. The monoisotopic (exact) mass is 330 g/mol. The molecule has 6 heteroatoms. The van der Waals surface area contributed by atoms with Crippen LogP contribution in [0.1, 0.15) is 15.9 Å². The van der Waals surface area contributed by atoms with Crippen molar-refractivity contribution in [2.75, 3.05) is 0 Å². The quantitative estimate of drug-likeness (QED) is 0.719. The lowest BCUT2D eigenvalue weighted by molar-refractivity contribution is 0.0699. The van der Waals surface area contributed by atoms with Crippen LogP contribution in [0.4, 0.5) is 0 Å². The van der Waals surface area contributed by atoms with Crippen molar-refractivity contribution in [1.82, 2.24) is 0 Å². The molecule has 3 aromatic rings. The van der Waals surface area contributed by atoms with Crippen LogP contribution in [0.2, 0.25) is 5.02 Å². The molecule has 0 spiro atoms. The zero-order chi connectivity index (χ0) is 16.6. The second-order valence-corrected chi connectivity index (χ2v) is 5.38. The summed E-state index contributed by atoms with van der Waals surface area (Å²) in [4.78, 5) is 24.1. The molecule has 1 heterocycles. The molecular weight excluding hydrogens is 320 g/mol. The van der Waals surface area contributed by atoms with Gasteiger partial charge in [-0.1, -0.05) is 29.8 Å². The van der Waals surface area contributed by atoms with Crippen molar-refractivity contribution in [1.29, 1.82) is 0 Å². The Bertz CT molecular complexity index is 974. The highest BCUT2D eigenvalue weighted by atomic mass is 35.5. The van der Waals surface area contributed by atoms with E-state index >= 15 is 0 Å². The Labute approximate surface area is 135 Å². The SMILES string of the molecule is O=C(O)c1c(-c2cccc(Cl)c2)c(=O)oc2cc(CO)ccc12. The van der Waals surface area contributed by atoms with Crippen molar-refractivity contribution in [3.8, 4) is 11.1 Å². The maximum absolute atomic E-state index is 12.3. The highest BCUT2D eigenvalue weighted by Gasteiger charge is 2.21. The number of aliphatic hydroxyl groups is 1. The molecule has 116 valence electrons. The number of carboxylic acids is 1. The zero-order valence-corrected chi connectivity index (χ0v) is 12.5. The summed E-state index contributed by atoms with van der Waals surface area (Å²) in [6.45, 7) is -0.238. The fourth-order valence-corrected chi connectivity index (χ4v) is 2.66. The molecule has 2 aromatic carbocycles. The summed E-state index contributed by atoms with van der Waals surface area (Å²) < 4.78 is 5.25. The van der Waals surface area contributed by atoms with Crippen LogP contribution in [0.5, 0.6) is 0 Å². The predicted molar refractivity (Wildman–Crippen MR) is 85.8 cm³/mol. The minimum absolute atomic E-state index is 0.0516. The molecule has 1 aromatic heterocycles. The Morgan fingerprint density at radius 3 is 2.61 bits per heavy atom. The fraction of sp³-hybridized carbons (Fsp3) is 0.0588. The van der Waals surface area contributed by atoms with Gasteiger partial charge in [-0.05, 0) is 35.4 Å². The molecule has 0 radical (unpaired) electrons. The van der Waals surface area contributed by atoms with Gasteiger partial charge < -0.3 is 14.6 Å². The molecular formula is C17H11ClO5. The molecule has 0 unspecified atom stereocenters. The number of halogens is 1. The van der Waals surface area contributed by atoms with Gasteiger partial charge in [-0.25, -0.2) is 9.59 Å². The number of rotatable bonds is 3. The van der Waals surface area contributed by atoms with Crippen LogP contribution in [0.3, 0.4) is 0 Å². The van der Waals surface area contributed by atoms with Gasteiger partial charge in [-0.3, -0.25) is 0 Å². The van der Waals surface area contributed by atoms with E-state index in [9.17, 15) is 14.7 Å². The van der Waals surface area contributed by atoms with E-state index in [2.05, 4.69) is 0 Å². The van der Waals surface area contributed by atoms with Gasteiger partial charge in [0.2, 0.25) is 0 Å². The molecule has 0 saturated carbocycles. The second-order valence-electron chi connectivity index (χ2n) is 4.94. The minimum atomic E-state index is -1.24. The first-order chi connectivity index (χ1) is 11.0. The second kappa shape index (κ2) is 5.87. The van der Waals surface area contributed by atoms with Crippen LogP contribution < -0.4 is 5.63 Å². The van der Waals surface area contributed by atoms with Crippen LogP contribution in [0, 0.1) is 0 Å². The molecule has 0 amide bonds. The maximum atomic E-state index is 12.3. The molecule has 0 aliphatic carbocycles. The molecule has 5 nitrogen and oxygen atoms in total. The van der Waals surface area contributed by atoms with Gasteiger partial charge in [-0.2, -0.15) is 0 Å². The van der Waals surface area contributed by atoms with Crippen LogP contribution in [-0.4, -0.2) is 16.2 Å². The molecule has 0 aliphatic rings. The van der Waals surface area contributed by atoms with Gasteiger partial charge in [0.15, 0.2) is 0 Å². The van der Waals surface area contributed by atoms with Crippen molar-refractivity contribution in [3.63, 3.8) is 0 Å². The average molecular weight is 331 g/mol. The summed E-state index contributed by atoms with van der Waals surface area (Å²) in [6, 6.07) is 10.9. The van der Waals surface area contributed by atoms with E-state index in [1.165, 1.54) is 18.2 Å². The molecule has 2 N–H and O–H groups in total. The van der Waals surface area contributed by atoms with Gasteiger partial charge in [0.1, 0.15) is 5.58 Å². The van der Waals surface area contributed by atoms with Gasteiger partial charge in [0, 0.05) is 10.4 Å². The highest BCUT2D eigenvalue weighted by Crippen LogP contribution is 2.29. The van der Waals surface area contributed by atoms with Gasteiger partial charge in [0.05, 0.1) is 17.7 Å². The summed E-state index contributed by atoms with van der Waals surface area (Å²) in [6.07, 6.45) is 0. The normalized spacial score (nSPS) is 10.9. The fourth-order valence-electron chi connectivity index (χ4n) is 2.47. The first kappa shape index (κ1) is 15.3. The Morgan fingerprint density at radius 1 is 1.17 bits per heavy atom. The summed E-state index contributed by atoms with van der Waals surface area (Å²) in [5.74, 6) is -1.24. The molecule has 0 atom stereocenters. The topological polar surface area (TPSA) is 87.7 Å². The largest absolute Gasteiger partial charge is 0.478 e. The standard InChI is InChI=1S/C17H11ClO5/c18-11-3-1-2-10(7-11)14-15(16(20)21)12-5-4-9(8-19)6-13(12)23-17(14)22/h1-7,19H,8H2,(H,20,21). The van der Waals surface area contributed by atoms with E-state index in [0.29, 0.717) is 16.1 Å². The molecule has 0 fully saturated rings. The third kappa shape index (κ3) is 2.72. The average Bonchev–Trinajstić information content (AvgIpc) is 2.52. The predicted octanol–water partition coefficient (Wildman–Crippen LogP) is 3.30. The number of hydrogen-bond acceptors (Lipinski definition) is 4. The minimum Gasteiger partial charge on any atom is -0.478 e. The third-order valence-electron chi connectivity index (χ3n) is 3.48. The third-order valence-corrected chi connectivity index (χ3v) is 3.72. The van der Waals surface area contributed by atoms with Gasteiger partial charge in [-0.15, -0.1) is 0 Å². The number of aromatic carboxylic acids is 1. The number of aliphatic hydroxyl groups excluding tert-OH is 1. The van der Waals surface area contributed by atoms with E-state index in [-0.39, 0.29) is 28.7 Å². The Hall–Kier alpha value is -2.63. The first-order valence-corrected chi connectivity index (χ1v) is 7.09. The highest BCUT2D eigenvalue weighted by molar-refractivity contribution is 6.30. The molecule has 23 heavy (non-hydrogen) atoms. The molecule has 3 rings (SSSR count). The zero-order valence-electron chi connectivity index (χ0n) is 11.7. The van der Waals surface area contributed by atoms with Crippen molar-refractivity contribution in [3.05, 3.63) is 69.0 Å². The summed E-state index contributed by atoms with van der Waals surface area (Å²) in [5.41, 5.74) is 0.0357. The van der Waals surface area contributed by atoms with Crippen molar-refractivity contribution < 1.29 is 19.4 Å². The number of carboxylic acid groups (broad SMARTS) is 1. The van der Waals surface area contributed by atoms with Gasteiger partial charge >= 0.3 is 11.6 Å².